The molecule has 0 radical (unpaired) electrons. The first-order valence-corrected chi connectivity index (χ1v) is 5.14. The van der Waals surface area contributed by atoms with Gasteiger partial charge in [-0.05, 0) is 24.1 Å². The van der Waals surface area contributed by atoms with Gasteiger partial charge in [-0.3, -0.25) is 9.80 Å². The number of hydrogen-bond acceptors (Lipinski definition) is 2. The quantitative estimate of drug-likeness (QED) is 0.509. The molecule has 0 spiro atoms. The largest absolute Gasteiger partial charge is 0.284 e. The minimum Gasteiger partial charge on any atom is -0.284 e. The van der Waals surface area contributed by atoms with Crippen LogP contribution in [-0.4, -0.2) is 18.0 Å². The van der Waals surface area contributed by atoms with Gasteiger partial charge >= 0.3 is 0 Å². The van der Waals surface area contributed by atoms with Gasteiger partial charge in [0.1, 0.15) is 0 Å². The standard InChI is InChI=1S/C10H13BrN2O/c1-13(12)10(14)7-4-8-2-5-9(11)6-3-8/h2-3,5-6H,4,7,12H2,1H3. The zero-order valence-corrected chi connectivity index (χ0v) is 9.62. The molecule has 0 atom stereocenters. The maximum Gasteiger partial charge on any atom is 0.236 e. The molecule has 76 valence electrons. The molecule has 0 unspecified atom stereocenters. The van der Waals surface area contributed by atoms with Crippen LogP contribution in [0.3, 0.4) is 0 Å². The van der Waals surface area contributed by atoms with Crippen molar-refractivity contribution in [3.63, 3.8) is 0 Å². The normalized spacial score (nSPS) is 9.93. The van der Waals surface area contributed by atoms with E-state index in [0.29, 0.717) is 6.42 Å². The predicted octanol–water partition coefficient (Wildman–Crippen LogP) is 1.71. The molecule has 0 heterocycles. The fraction of sp³-hybridized carbons (Fsp3) is 0.300. The Morgan fingerprint density at radius 3 is 2.50 bits per heavy atom. The van der Waals surface area contributed by atoms with E-state index in [0.717, 1.165) is 21.5 Å². The summed E-state index contributed by atoms with van der Waals surface area (Å²) in [5.74, 6) is 5.25. The van der Waals surface area contributed by atoms with Crippen molar-refractivity contribution in [1.82, 2.24) is 5.01 Å². The first-order chi connectivity index (χ1) is 6.59. The van der Waals surface area contributed by atoms with Gasteiger partial charge in [-0.25, -0.2) is 5.84 Å². The van der Waals surface area contributed by atoms with Crippen LogP contribution in [0.15, 0.2) is 28.7 Å². The van der Waals surface area contributed by atoms with Crippen molar-refractivity contribution in [1.29, 1.82) is 0 Å². The Balaban J connectivity index is 2.46. The predicted molar refractivity (Wildman–Crippen MR) is 59.4 cm³/mol. The van der Waals surface area contributed by atoms with Crippen molar-refractivity contribution in [3.05, 3.63) is 34.3 Å². The van der Waals surface area contributed by atoms with Crippen molar-refractivity contribution in [3.8, 4) is 0 Å². The molecule has 1 aromatic rings. The molecule has 14 heavy (non-hydrogen) atoms. The third kappa shape index (κ3) is 3.47. The summed E-state index contributed by atoms with van der Waals surface area (Å²) in [5, 5.41) is 1.12. The van der Waals surface area contributed by atoms with E-state index in [9.17, 15) is 4.79 Å². The van der Waals surface area contributed by atoms with Crippen molar-refractivity contribution < 1.29 is 4.79 Å². The number of nitrogens with zero attached hydrogens (tertiary/aromatic N) is 1. The van der Waals surface area contributed by atoms with Gasteiger partial charge in [0.25, 0.3) is 0 Å². The molecule has 0 saturated heterocycles. The minimum absolute atomic E-state index is 0.0482. The van der Waals surface area contributed by atoms with E-state index in [1.54, 1.807) is 7.05 Å². The average molecular weight is 257 g/mol. The number of hydrogen-bond donors (Lipinski definition) is 1. The highest BCUT2D eigenvalue weighted by Crippen LogP contribution is 2.11. The van der Waals surface area contributed by atoms with E-state index in [1.807, 2.05) is 24.3 Å². The van der Waals surface area contributed by atoms with E-state index in [2.05, 4.69) is 15.9 Å². The molecule has 0 aliphatic heterocycles. The topological polar surface area (TPSA) is 46.3 Å². The molecule has 2 N–H and O–H groups in total. The summed E-state index contributed by atoms with van der Waals surface area (Å²) in [7, 11) is 1.56. The third-order valence-electron chi connectivity index (χ3n) is 1.93. The number of amides is 1. The van der Waals surface area contributed by atoms with Crippen molar-refractivity contribution in [2.24, 2.45) is 5.84 Å². The fourth-order valence-electron chi connectivity index (χ4n) is 1.08. The first-order valence-electron chi connectivity index (χ1n) is 4.35. The average Bonchev–Trinajstić information content (AvgIpc) is 2.16. The van der Waals surface area contributed by atoms with Crippen LogP contribution in [0, 0.1) is 0 Å². The van der Waals surface area contributed by atoms with Crippen LogP contribution in [0.4, 0.5) is 0 Å². The van der Waals surface area contributed by atoms with E-state index < -0.39 is 0 Å². The maximum atomic E-state index is 11.2. The third-order valence-corrected chi connectivity index (χ3v) is 2.46. The highest BCUT2D eigenvalue weighted by molar-refractivity contribution is 9.10. The van der Waals surface area contributed by atoms with Crippen LogP contribution >= 0.6 is 15.9 Å². The second-order valence-corrected chi connectivity index (χ2v) is 4.05. The molecule has 3 nitrogen and oxygen atoms in total. The van der Waals surface area contributed by atoms with Crippen LogP contribution in [0.2, 0.25) is 0 Å². The van der Waals surface area contributed by atoms with Crippen LogP contribution in [0.25, 0.3) is 0 Å². The molecule has 0 bridgehead atoms. The minimum atomic E-state index is -0.0482. The zero-order valence-electron chi connectivity index (χ0n) is 8.03. The van der Waals surface area contributed by atoms with Crippen molar-refractivity contribution in [2.45, 2.75) is 12.8 Å². The van der Waals surface area contributed by atoms with Crippen LogP contribution in [0.5, 0.6) is 0 Å². The number of aryl methyl sites for hydroxylation is 1. The Kier molecular flexibility index (Phi) is 4.10. The molecule has 1 aromatic carbocycles. The van der Waals surface area contributed by atoms with Crippen LogP contribution in [0.1, 0.15) is 12.0 Å². The number of nitrogens with two attached hydrogens (primary N) is 1. The summed E-state index contributed by atoms with van der Waals surface area (Å²) < 4.78 is 1.04. The lowest BCUT2D eigenvalue weighted by Crippen LogP contribution is -2.33. The Morgan fingerprint density at radius 1 is 1.43 bits per heavy atom. The van der Waals surface area contributed by atoms with Gasteiger partial charge in [0.05, 0.1) is 0 Å². The molecule has 0 fully saturated rings. The molecular weight excluding hydrogens is 244 g/mol. The van der Waals surface area contributed by atoms with Gasteiger partial charge in [-0.15, -0.1) is 0 Å². The van der Waals surface area contributed by atoms with Gasteiger partial charge in [-0.2, -0.15) is 0 Å². The molecule has 1 rings (SSSR count). The van der Waals surface area contributed by atoms with E-state index in [4.69, 9.17) is 5.84 Å². The summed E-state index contributed by atoms with van der Waals surface area (Å²) in [6.45, 7) is 0. The lowest BCUT2D eigenvalue weighted by molar-refractivity contribution is -0.130. The van der Waals surface area contributed by atoms with Gasteiger partial charge in [-0.1, -0.05) is 28.1 Å². The van der Waals surface area contributed by atoms with Crippen LogP contribution < -0.4 is 5.84 Å². The van der Waals surface area contributed by atoms with Gasteiger partial charge in [0.2, 0.25) is 5.91 Å². The zero-order chi connectivity index (χ0) is 10.6. The number of hydrazine groups is 1. The molecule has 0 aliphatic rings. The number of halogens is 1. The number of benzene rings is 1. The SMILES string of the molecule is CN(N)C(=O)CCc1ccc(Br)cc1. The molecule has 4 heteroatoms. The second kappa shape index (κ2) is 5.12. The smallest absolute Gasteiger partial charge is 0.236 e. The Bertz CT molecular complexity index is 308. The van der Waals surface area contributed by atoms with Crippen molar-refractivity contribution >= 4 is 21.8 Å². The number of rotatable bonds is 3. The second-order valence-electron chi connectivity index (χ2n) is 3.13. The molecule has 0 aliphatic carbocycles. The van der Waals surface area contributed by atoms with E-state index in [1.165, 1.54) is 0 Å². The van der Waals surface area contributed by atoms with Gasteiger partial charge < -0.3 is 0 Å². The first kappa shape index (κ1) is 11.2. The summed E-state index contributed by atoms with van der Waals surface area (Å²) in [4.78, 5) is 11.2. The lowest BCUT2D eigenvalue weighted by Gasteiger charge is -2.09. The van der Waals surface area contributed by atoms with E-state index in [-0.39, 0.29) is 5.91 Å². The van der Waals surface area contributed by atoms with Gasteiger partial charge in [0, 0.05) is 17.9 Å². The fourth-order valence-corrected chi connectivity index (χ4v) is 1.34. The molecule has 0 aromatic heterocycles. The lowest BCUT2D eigenvalue weighted by atomic mass is 10.1. The van der Waals surface area contributed by atoms with Gasteiger partial charge in [0.15, 0.2) is 0 Å². The molecule has 1 amide bonds. The highest BCUT2D eigenvalue weighted by Gasteiger charge is 2.04. The Labute approximate surface area is 92.0 Å². The van der Waals surface area contributed by atoms with E-state index >= 15 is 0 Å². The number of carbonyl (C=O) groups is 1. The van der Waals surface area contributed by atoms with Crippen molar-refractivity contribution in [2.75, 3.05) is 7.05 Å². The summed E-state index contributed by atoms with van der Waals surface area (Å²) >= 11 is 3.35. The summed E-state index contributed by atoms with van der Waals surface area (Å²) in [6.07, 6.45) is 1.18. The highest BCUT2D eigenvalue weighted by atomic mass is 79.9. The monoisotopic (exact) mass is 256 g/mol. The Hall–Kier alpha value is -0.870. The summed E-state index contributed by atoms with van der Waals surface area (Å²) in [6, 6.07) is 7.92. The maximum absolute atomic E-state index is 11.2. The molecular formula is C10H13BrN2O. The molecule has 0 saturated carbocycles. The van der Waals surface area contributed by atoms with Crippen LogP contribution in [-0.2, 0) is 11.2 Å². The Morgan fingerprint density at radius 2 is 2.00 bits per heavy atom. The number of carbonyl (C=O) groups excluding carboxylic acids is 1. The summed E-state index contributed by atoms with van der Waals surface area (Å²) in [5.41, 5.74) is 1.14.